The second-order valence-corrected chi connectivity index (χ2v) is 13.3. The fourth-order valence-corrected chi connectivity index (χ4v) is 6.87. The Bertz CT molecular complexity index is 1750. The van der Waals surface area contributed by atoms with Crippen molar-refractivity contribution in [1.82, 2.24) is 25.0 Å². The number of hydrogen-bond donors (Lipinski definition) is 2. The van der Waals surface area contributed by atoms with Gasteiger partial charge in [0.05, 0.1) is 28.2 Å². The number of fused-ring (bicyclic) bond motifs is 4. The Kier molecular flexibility index (Phi) is 7.33. The number of carbonyl (C=O) groups excluding carboxylic acids is 2. The van der Waals surface area contributed by atoms with Crippen LogP contribution in [0.15, 0.2) is 41.3 Å². The van der Waals surface area contributed by atoms with Crippen LogP contribution < -0.4 is 5.56 Å². The maximum atomic E-state index is 14.1. The third-order valence-corrected chi connectivity index (χ3v) is 8.90. The molecule has 0 radical (unpaired) electrons. The van der Waals surface area contributed by atoms with Crippen LogP contribution in [0.2, 0.25) is 5.02 Å². The fourth-order valence-electron chi connectivity index (χ4n) is 6.59. The molecule has 220 valence electrons. The Labute approximate surface area is 248 Å². The summed E-state index contributed by atoms with van der Waals surface area (Å²) in [6, 6.07) is 8.41. The molecule has 1 saturated heterocycles. The number of amides is 2. The van der Waals surface area contributed by atoms with Gasteiger partial charge in [-0.15, -0.1) is 0 Å². The van der Waals surface area contributed by atoms with E-state index in [0.29, 0.717) is 61.4 Å². The lowest BCUT2D eigenvalue weighted by molar-refractivity contribution is -0.142. The highest BCUT2D eigenvalue weighted by molar-refractivity contribution is 6.35. The normalized spacial score (nSPS) is 18.5. The molecular formula is C32H35ClFN5O3. The average Bonchev–Trinajstić information content (AvgIpc) is 3.40. The summed E-state index contributed by atoms with van der Waals surface area (Å²) < 4.78 is 14.1. The number of benzene rings is 2. The molecule has 2 aliphatic rings. The number of aromatic nitrogens is 3. The average molecular weight is 592 g/mol. The number of H-pyrrole nitrogens is 2. The molecule has 2 amide bonds. The smallest absolute Gasteiger partial charge is 0.251 e. The number of likely N-dealkylation sites (tertiary alicyclic amines) is 1. The van der Waals surface area contributed by atoms with Gasteiger partial charge in [0.25, 0.3) is 5.56 Å². The molecule has 1 fully saturated rings. The van der Waals surface area contributed by atoms with E-state index in [1.807, 2.05) is 15.9 Å². The Balaban J connectivity index is 1.20. The third-order valence-electron chi connectivity index (χ3n) is 8.60. The van der Waals surface area contributed by atoms with Crippen LogP contribution in [-0.2, 0) is 22.6 Å². The van der Waals surface area contributed by atoms with Crippen molar-refractivity contribution >= 4 is 45.2 Å². The predicted octanol–water partition coefficient (Wildman–Crippen LogP) is 5.54. The van der Waals surface area contributed by atoms with Crippen LogP contribution in [0, 0.1) is 17.2 Å². The minimum Gasteiger partial charge on any atom is -0.343 e. The van der Waals surface area contributed by atoms with Crippen molar-refractivity contribution in [1.29, 1.82) is 0 Å². The van der Waals surface area contributed by atoms with Crippen LogP contribution in [0.1, 0.15) is 62.6 Å². The van der Waals surface area contributed by atoms with Crippen molar-refractivity contribution in [3.63, 3.8) is 0 Å². The summed E-state index contributed by atoms with van der Waals surface area (Å²) in [5.74, 6) is -1.07. The van der Waals surface area contributed by atoms with Gasteiger partial charge in [0, 0.05) is 48.9 Å². The maximum Gasteiger partial charge on any atom is 0.251 e. The first kappa shape index (κ1) is 28.4. The second-order valence-electron chi connectivity index (χ2n) is 12.9. The monoisotopic (exact) mass is 591 g/mol. The quantitative estimate of drug-likeness (QED) is 0.325. The van der Waals surface area contributed by atoms with Crippen LogP contribution in [0.25, 0.3) is 21.8 Å². The molecule has 10 heteroatoms. The summed E-state index contributed by atoms with van der Waals surface area (Å²) in [5, 5.41) is 9.27. The maximum absolute atomic E-state index is 14.1. The Morgan fingerprint density at radius 3 is 2.64 bits per heavy atom. The number of nitrogens with zero attached hydrogens (tertiary/aromatic N) is 3. The van der Waals surface area contributed by atoms with Crippen LogP contribution >= 0.6 is 11.6 Å². The van der Waals surface area contributed by atoms with Gasteiger partial charge < -0.3 is 14.8 Å². The molecule has 4 aromatic rings. The summed E-state index contributed by atoms with van der Waals surface area (Å²) in [6.45, 7) is 8.30. The second kappa shape index (κ2) is 10.8. The molecule has 2 aromatic carbocycles. The number of pyridine rings is 1. The molecule has 0 spiro atoms. The van der Waals surface area contributed by atoms with Crippen molar-refractivity contribution in [2.24, 2.45) is 11.3 Å². The molecule has 1 atom stereocenters. The molecule has 0 saturated carbocycles. The molecule has 2 aliphatic heterocycles. The van der Waals surface area contributed by atoms with Crippen molar-refractivity contribution in [3.8, 4) is 0 Å². The van der Waals surface area contributed by atoms with Crippen molar-refractivity contribution in [3.05, 3.63) is 74.4 Å². The van der Waals surface area contributed by atoms with E-state index in [1.165, 1.54) is 6.07 Å². The Morgan fingerprint density at radius 1 is 1.14 bits per heavy atom. The van der Waals surface area contributed by atoms with Crippen LogP contribution in [0.3, 0.4) is 0 Å². The van der Waals surface area contributed by atoms with Gasteiger partial charge in [-0.1, -0.05) is 44.5 Å². The van der Waals surface area contributed by atoms with E-state index in [2.05, 4.69) is 36.0 Å². The first-order chi connectivity index (χ1) is 20.0. The summed E-state index contributed by atoms with van der Waals surface area (Å²) in [6.07, 6.45) is 3.55. The lowest BCUT2D eigenvalue weighted by Gasteiger charge is -2.34. The Morgan fingerprint density at radius 2 is 1.90 bits per heavy atom. The number of para-hydroxylation sites is 1. The highest BCUT2D eigenvalue weighted by atomic mass is 35.5. The van der Waals surface area contributed by atoms with Crippen LogP contribution in [0.4, 0.5) is 4.39 Å². The van der Waals surface area contributed by atoms with E-state index in [9.17, 15) is 18.8 Å². The van der Waals surface area contributed by atoms with Gasteiger partial charge >= 0.3 is 0 Å². The molecule has 42 heavy (non-hydrogen) atoms. The Hall–Kier alpha value is -3.72. The van der Waals surface area contributed by atoms with Gasteiger partial charge in [0.2, 0.25) is 11.8 Å². The number of hydrogen-bond acceptors (Lipinski definition) is 4. The number of piperidine rings is 1. The van der Waals surface area contributed by atoms with Gasteiger partial charge in [-0.3, -0.25) is 19.5 Å². The highest BCUT2D eigenvalue weighted by Gasteiger charge is 2.36. The first-order valence-electron chi connectivity index (χ1n) is 14.5. The molecule has 6 rings (SSSR count). The van der Waals surface area contributed by atoms with Gasteiger partial charge in [-0.2, -0.15) is 5.10 Å². The predicted molar refractivity (Wildman–Crippen MR) is 161 cm³/mol. The topological polar surface area (TPSA) is 102 Å². The zero-order chi connectivity index (χ0) is 29.8. The number of halogens is 2. The fraction of sp³-hybridized carbons (Fsp3) is 0.438. The summed E-state index contributed by atoms with van der Waals surface area (Å²) >= 11 is 6.57. The van der Waals surface area contributed by atoms with E-state index in [-0.39, 0.29) is 40.6 Å². The van der Waals surface area contributed by atoms with Crippen molar-refractivity contribution in [2.45, 2.75) is 58.9 Å². The van der Waals surface area contributed by atoms with Gasteiger partial charge in [-0.25, -0.2) is 4.39 Å². The molecule has 4 heterocycles. The third kappa shape index (κ3) is 5.42. The SMILES string of the molecule is CC(C)(C)CN1Cc2c(cc(Cl)c3[nH]ncc23)CC(CC(=O)N2CCC(c3cc4cccc(F)c4[nH]c3=O)CC2)C1=O. The molecular weight excluding hydrogens is 557 g/mol. The minimum atomic E-state index is -0.502. The lowest BCUT2D eigenvalue weighted by Crippen LogP contribution is -2.43. The lowest BCUT2D eigenvalue weighted by atomic mass is 9.88. The highest BCUT2D eigenvalue weighted by Crippen LogP contribution is 2.36. The van der Waals surface area contributed by atoms with Crippen molar-refractivity contribution in [2.75, 3.05) is 19.6 Å². The van der Waals surface area contributed by atoms with Crippen LogP contribution in [-0.4, -0.2) is 56.4 Å². The minimum absolute atomic E-state index is 0.0212. The molecule has 1 unspecified atom stereocenters. The zero-order valence-electron chi connectivity index (χ0n) is 24.1. The molecule has 0 bridgehead atoms. The first-order valence-corrected chi connectivity index (χ1v) is 14.9. The van der Waals surface area contributed by atoms with E-state index in [4.69, 9.17) is 11.6 Å². The van der Waals surface area contributed by atoms with Crippen LogP contribution in [0.5, 0.6) is 0 Å². The largest absolute Gasteiger partial charge is 0.343 e. The van der Waals surface area contributed by atoms with E-state index >= 15 is 0 Å². The number of nitrogens with one attached hydrogen (secondary N) is 2. The van der Waals surface area contributed by atoms with E-state index < -0.39 is 11.7 Å². The molecule has 2 N–H and O–H groups in total. The van der Waals surface area contributed by atoms with Gasteiger partial charge in [0.15, 0.2) is 0 Å². The standard InChI is InChI=1S/C32H35ClFN5O3/c1-32(2,3)17-39-16-24-20(13-25(33)29-23(24)15-35-37-29)11-21(31(39)42)14-27(40)38-9-7-18(8-10-38)22-12-19-5-4-6-26(34)28(19)36-30(22)41/h4-6,12-13,15,18,21H,7-11,14,16-17H2,1-3H3,(H,35,37)(H,36,41). The van der Waals surface area contributed by atoms with E-state index in [0.717, 1.165) is 22.0 Å². The summed E-state index contributed by atoms with van der Waals surface area (Å²) in [7, 11) is 0. The zero-order valence-corrected chi connectivity index (χ0v) is 24.9. The summed E-state index contributed by atoms with van der Waals surface area (Å²) in [5.41, 5.74) is 3.18. The summed E-state index contributed by atoms with van der Waals surface area (Å²) in [4.78, 5) is 46.7. The number of aromatic amines is 2. The molecule has 0 aliphatic carbocycles. The van der Waals surface area contributed by atoms with E-state index in [1.54, 1.807) is 24.4 Å². The van der Waals surface area contributed by atoms with Gasteiger partial charge in [0.1, 0.15) is 5.82 Å². The van der Waals surface area contributed by atoms with Crippen molar-refractivity contribution < 1.29 is 14.0 Å². The number of rotatable bonds is 4. The van der Waals surface area contributed by atoms with Gasteiger partial charge in [-0.05, 0) is 59.9 Å². The number of carbonyl (C=O) groups is 2. The molecule has 2 aromatic heterocycles. The molecule has 8 nitrogen and oxygen atoms in total.